The fourth-order valence-corrected chi connectivity index (χ4v) is 1.89. The fraction of sp³-hybridized carbons (Fsp3) is 0.417. The molecule has 1 aromatic carbocycles. The van der Waals surface area contributed by atoms with E-state index in [9.17, 15) is 4.79 Å². The van der Waals surface area contributed by atoms with E-state index in [1.54, 1.807) is 4.90 Å². The molecule has 1 amide bonds. The smallest absolute Gasteiger partial charge is 0.253 e. The standard InChI is InChI=1S/C12H15Cl2NO/c1-10-3-2-4-11(9-10)12(16)15(7-5-13)8-6-14/h2-4,9H,5-8H2,1H3. The van der Waals surface area contributed by atoms with Crippen molar-refractivity contribution >= 4 is 29.1 Å². The van der Waals surface area contributed by atoms with Gasteiger partial charge < -0.3 is 4.90 Å². The Labute approximate surface area is 106 Å². The van der Waals surface area contributed by atoms with Crippen LogP contribution in [-0.4, -0.2) is 35.7 Å². The summed E-state index contributed by atoms with van der Waals surface area (Å²) in [5.41, 5.74) is 1.76. The average Bonchev–Trinajstić information content (AvgIpc) is 2.28. The van der Waals surface area contributed by atoms with E-state index in [1.165, 1.54) is 0 Å². The Kier molecular flexibility index (Phi) is 5.64. The highest BCUT2D eigenvalue weighted by Gasteiger charge is 2.14. The lowest BCUT2D eigenvalue weighted by molar-refractivity contribution is 0.0775. The quantitative estimate of drug-likeness (QED) is 0.745. The number of nitrogens with zero attached hydrogens (tertiary/aromatic N) is 1. The Morgan fingerprint density at radius 2 is 1.88 bits per heavy atom. The lowest BCUT2D eigenvalue weighted by Gasteiger charge is -2.20. The van der Waals surface area contributed by atoms with Crippen molar-refractivity contribution in [2.75, 3.05) is 24.8 Å². The molecule has 0 saturated heterocycles. The Hall–Kier alpha value is -0.730. The van der Waals surface area contributed by atoms with Gasteiger partial charge in [0.25, 0.3) is 5.91 Å². The number of rotatable bonds is 5. The molecule has 4 heteroatoms. The fourth-order valence-electron chi connectivity index (χ4n) is 1.48. The van der Waals surface area contributed by atoms with Gasteiger partial charge in [-0.1, -0.05) is 17.7 Å². The van der Waals surface area contributed by atoms with E-state index >= 15 is 0 Å². The first-order valence-electron chi connectivity index (χ1n) is 5.17. The van der Waals surface area contributed by atoms with Gasteiger partial charge in [-0.25, -0.2) is 0 Å². The normalized spacial score (nSPS) is 10.2. The first kappa shape index (κ1) is 13.3. The van der Waals surface area contributed by atoms with Crippen LogP contribution in [0.15, 0.2) is 24.3 Å². The van der Waals surface area contributed by atoms with Gasteiger partial charge in [0.2, 0.25) is 0 Å². The molecule has 0 radical (unpaired) electrons. The first-order valence-corrected chi connectivity index (χ1v) is 6.24. The van der Waals surface area contributed by atoms with Gasteiger partial charge in [-0.05, 0) is 19.1 Å². The third-order valence-electron chi connectivity index (χ3n) is 2.26. The van der Waals surface area contributed by atoms with Gasteiger partial charge in [0.05, 0.1) is 0 Å². The second kappa shape index (κ2) is 6.77. The van der Waals surface area contributed by atoms with Crippen LogP contribution < -0.4 is 0 Å². The van der Waals surface area contributed by atoms with E-state index in [2.05, 4.69) is 0 Å². The van der Waals surface area contributed by atoms with Crippen LogP contribution >= 0.6 is 23.2 Å². The minimum atomic E-state index is -0.00926. The lowest BCUT2D eigenvalue weighted by atomic mass is 10.1. The van der Waals surface area contributed by atoms with E-state index in [1.807, 2.05) is 31.2 Å². The predicted octanol–water partition coefficient (Wildman–Crippen LogP) is 2.91. The third kappa shape index (κ3) is 3.69. The van der Waals surface area contributed by atoms with Crippen LogP contribution in [0, 0.1) is 6.92 Å². The maximum Gasteiger partial charge on any atom is 0.253 e. The average molecular weight is 260 g/mol. The number of aryl methyl sites for hydroxylation is 1. The minimum absolute atomic E-state index is 0.00926. The molecule has 0 fully saturated rings. The molecule has 0 heterocycles. The molecular weight excluding hydrogens is 245 g/mol. The molecule has 0 atom stereocenters. The van der Waals surface area contributed by atoms with Crippen molar-refractivity contribution in [3.8, 4) is 0 Å². The zero-order chi connectivity index (χ0) is 12.0. The van der Waals surface area contributed by atoms with E-state index in [0.717, 1.165) is 5.56 Å². The van der Waals surface area contributed by atoms with Gasteiger partial charge in [0.1, 0.15) is 0 Å². The van der Waals surface area contributed by atoms with Crippen molar-refractivity contribution in [1.82, 2.24) is 4.90 Å². The molecule has 1 rings (SSSR count). The Balaban J connectivity index is 2.81. The van der Waals surface area contributed by atoms with Gasteiger partial charge in [-0.2, -0.15) is 0 Å². The van der Waals surface area contributed by atoms with Crippen LogP contribution in [-0.2, 0) is 0 Å². The van der Waals surface area contributed by atoms with E-state index in [-0.39, 0.29) is 5.91 Å². The molecule has 2 nitrogen and oxygen atoms in total. The highest BCUT2D eigenvalue weighted by Crippen LogP contribution is 2.08. The number of hydrogen-bond acceptors (Lipinski definition) is 1. The van der Waals surface area contributed by atoms with Crippen LogP contribution in [0.3, 0.4) is 0 Å². The van der Waals surface area contributed by atoms with Crippen LogP contribution in [0.4, 0.5) is 0 Å². The van der Waals surface area contributed by atoms with Crippen LogP contribution in [0.5, 0.6) is 0 Å². The number of carbonyl (C=O) groups excluding carboxylic acids is 1. The zero-order valence-electron chi connectivity index (χ0n) is 9.25. The Bertz CT molecular complexity index is 349. The molecule has 0 N–H and O–H groups in total. The van der Waals surface area contributed by atoms with Crippen molar-refractivity contribution in [1.29, 1.82) is 0 Å². The maximum absolute atomic E-state index is 12.1. The Morgan fingerprint density at radius 1 is 1.25 bits per heavy atom. The van der Waals surface area contributed by atoms with Crippen molar-refractivity contribution in [2.45, 2.75) is 6.92 Å². The second-order valence-corrected chi connectivity index (χ2v) is 4.30. The molecule has 0 aliphatic rings. The summed E-state index contributed by atoms with van der Waals surface area (Å²) in [4.78, 5) is 13.8. The summed E-state index contributed by atoms with van der Waals surface area (Å²) in [5.74, 6) is 0.841. The predicted molar refractivity (Wildman–Crippen MR) is 68.5 cm³/mol. The van der Waals surface area contributed by atoms with Crippen molar-refractivity contribution in [3.05, 3.63) is 35.4 Å². The summed E-state index contributed by atoms with van der Waals surface area (Å²) in [7, 11) is 0. The summed E-state index contributed by atoms with van der Waals surface area (Å²) < 4.78 is 0. The molecule has 1 aromatic rings. The lowest BCUT2D eigenvalue weighted by Crippen LogP contribution is -2.34. The number of carbonyl (C=O) groups is 1. The highest BCUT2D eigenvalue weighted by atomic mass is 35.5. The van der Waals surface area contributed by atoms with Gasteiger partial charge in [0.15, 0.2) is 0 Å². The molecule has 0 aliphatic heterocycles. The van der Waals surface area contributed by atoms with Gasteiger partial charge in [-0.15, -0.1) is 23.2 Å². The Morgan fingerprint density at radius 3 is 2.38 bits per heavy atom. The maximum atomic E-state index is 12.1. The zero-order valence-corrected chi connectivity index (χ0v) is 10.8. The molecule has 88 valence electrons. The minimum Gasteiger partial charge on any atom is -0.336 e. The van der Waals surface area contributed by atoms with Gasteiger partial charge in [-0.3, -0.25) is 4.79 Å². The van der Waals surface area contributed by atoms with Crippen LogP contribution in [0.1, 0.15) is 15.9 Å². The molecule has 0 aliphatic carbocycles. The topological polar surface area (TPSA) is 20.3 Å². The molecule has 0 unspecified atom stereocenters. The number of halogens is 2. The monoisotopic (exact) mass is 259 g/mol. The van der Waals surface area contributed by atoms with Gasteiger partial charge >= 0.3 is 0 Å². The van der Waals surface area contributed by atoms with E-state index in [4.69, 9.17) is 23.2 Å². The highest BCUT2D eigenvalue weighted by molar-refractivity contribution is 6.18. The molecule has 16 heavy (non-hydrogen) atoms. The second-order valence-electron chi connectivity index (χ2n) is 3.54. The molecule has 0 saturated carbocycles. The number of alkyl halides is 2. The summed E-state index contributed by atoms with van der Waals surface area (Å²) in [6, 6.07) is 7.52. The molecular formula is C12H15Cl2NO. The summed E-state index contributed by atoms with van der Waals surface area (Å²) in [6.07, 6.45) is 0. The van der Waals surface area contributed by atoms with Crippen LogP contribution in [0.25, 0.3) is 0 Å². The molecule has 0 aromatic heterocycles. The summed E-state index contributed by atoms with van der Waals surface area (Å²) >= 11 is 11.3. The van der Waals surface area contributed by atoms with Crippen LogP contribution in [0.2, 0.25) is 0 Å². The number of benzene rings is 1. The van der Waals surface area contributed by atoms with Crippen molar-refractivity contribution in [2.24, 2.45) is 0 Å². The van der Waals surface area contributed by atoms with Crippen molar-refractivity contribution < 1.29 is 4.79 Å². The first-order chi connectivity index (χ1) is 7.69. The van der Waals surface area contributed by atoms with E-state index < -0.39 is 0 Å². The third-order valence-corrected chi connectivity index (χ3v) is 2.60. The van der Waals surface area contributed by atoms with Crippen molar-refractivity contribution in [3.63, 3.8) is 0 Å². The summed E-state index contributed by atoms with van der Waals surface area (Å²) in [5, 5.41) is 0. The van der Waals surface area contributed by atoms with E-state index in [0.29, 0.717) is 30.4 Å². The largest absolute Gasteiger partial charge is 0.336 e. The summed E-state index contributed by atoms with van der Waals surface area (Å²) in [6.45, 7) is 3.02. The van der Waals surface area contributed by atoms with Gasteiger partial charge in [0, 0.05) is 30.4 Å². The molecule has 0 bridgehead atoms. The SMILES string of the molecule is Cc1cccc(C(=O)N(CCCl)CCCl)c1. The number of amides is 1. The molecule has 0 spiro atoms. The number of hydrogen-bond donors (Lipinski definition) is 0.